The van der Waals surface area contributed by atoms with Crippen molar-refractivity contribution in [2.45, 2.75) is 57.4 Å². The van der Waals surface area contributed by atoms with Crippen LogP contribution in [0.5, 0.6) is 0 Å². The minimum Gasteiger partial charge on any atom is -0.325 e. The molecule has 2 N–H and O–H groups in total. The fourth-order valence-electron chi connectivity index (χ4n) is 4.83. The quantitative estimate of drug-likeness (QED) is 0.717. The molecule has 0 aromatic carbocycles. The van der Waals surface area contributed by atoms with E-state index in [1.807, 2.05) is 0 Å². The first-order chi connectivity index (χ1) is 6.71. The van der Waals surface area contributed by atoms with Gasteiger partial charge in [-0.05, 0) is 62.2 Å². The van der Waals surface area contributed by atoms with E-state index in [0.717, 1.165) is 23.7 Å². The van der Waals surface area contributed by atoms with Crippen molar-refractivity contribution in [1.82, 2.24) is 0 Å². The van der Waals surface area contributed by atoms with Crippen molar-refractivity contribution in [3.63, 3.8) is 0 Å². The van der Waals surface area contributed by atoms with E-state index >= 15 is 0 Å². The summed E-state index contributed by atoms with van der Waals surface area (Å²) in [5.74, 6) is 4.03. The highest BCUT2D eigenvalue weighted by molar-refractivity contribution is 5.07. The van der Waals surface area contributed by atoms with E-state index in [0.29, 0.717) is 0 Å². The van der Waals surface area contributed by atoms with Crippen molar-refractivity contribution in [1.29, 1.82) is 0 Å². The van der Waals surface area contributed by atoms with Crippen molar-refractivity contribution >= 4 is 0 Å². The van der Waals surface area contributed by atoms with E-state index in [1.165, 1.54) is 38.5 Å². The third-order valence-corrected chi connectivity index (χ3v) is 5.31. The number of hydrogen-bond donors (Lipinski definition) is 1. The maximum absolute atomic E-state index is 6.64. The highest BCUT2D eigenvalue weighted by atomic mass is 14.8. The molecule has 3 aliphatic rings. The molecular weight excluding hydrogens is 170 g/mol. The second-order valence-electron chi connectivity index (χ2n) is 6.21. The van der Waals surface area contributed by atoms with Crippen LogP contribution >= 0.6 is 0 Å². The molecule has 0 saturated heterocycles. The maximum atomic E-state index is 6.64. The number of rotatable bonds is 2. The van der Waals surface area contributed by atoms with Crippen LogP contribution in [0.4, 0.5) is 0 Å². The van der Waals surface area contributed by atoms with Crippen molar-refractivity contribution in [2.75, 3.05) is 0 Å². The predicted molar refractivity (Wildman–Crippen MR) is 58.9 cm³/mol. The van der Waals surface area contributed by atoms with Crippen LogP contribution in [0, 0.1) is 23.7 Å². The molecule has 0 heterocycles. The molecule has 0 aromatic rings. The molecule has 0 aromatic heterocycles. The van der Waals surface area contributed by atoms with Crippen LogP contribution in [0.25, 0.3) is 0 Å². The lowest BCUT2D eigenvalue weighted by molar-refractivity contribution is 0.0759. The monoisotopic (exact) mass is 193 g/mol. The molecule has 0 amide bonds. The molecule has 0 aliphatic heterocycles. The summed E-state index contributed by atoms with van der Waals surface area (Å²) in [6, 6.07) is 0. The van der Waals surface area contributed by atoms with Gasteiger partial charge in [0.05, 0.1) is 0 Å². The summed E-state index contributed by atoms with van der Waals surface area (Å²) in [5.41, 5.74) is 6.88. The van der Waals surface area contributed by atoms with Crippen molar-refractivity contribution in [3.05, 3.63) is 0 Å². The van der Waals surface area contributed by atoms with E-state index in [9.17, 15) is 0 Å². The number of hydrogen-bond acceptors (Lipinski definition) is 1. The molecule has 5 atom stereocenters. The number of nitrogens with two attached hydrogens (primary N) is 1. The van der Waals surface area contributed by atoms with Crippen LogP contribution in [0.2, 0.25) is 0 Å². The van der Waals surface area contributed by atoms with E-state index in [4.69, 9.17) is 5.73 Å². The molecule has 80 valence electrons. The third-order valence-electron chi connectivity index (χ3n) is 5.31. The van der Waals surface area contributed by atoms with Gasteiger partial charge in [-0.3, -0.25) is 0 Å². The molecule has 0 radical (unpaired) electrons. The van der Waals surface area contributed by atoms with Crippen LogP contribution in [0.3, 0.4) is 0 Å². The fraction of sp³-hybridized carbons (Fsp3) is 1.00. The molecule has 3 rings (SSSR count). The zero-order valence-electron chi connectivity index (χ0n) is 9.34. The first-order valence-corrected chi connectivity index (χ1v) is 6.50. The molecule has 3 saturated carbocycles. The van der Waals surface area contributed by atoms with E-state index in [-0.39, 0.29) is 5.54 Å². The summed E-state index contributed by atoms with van der Waals surface area (Å²) in [4.78, 5) is 0. The Balaban J connectivity index is 1.85. The van der Waals surface area contributed by atoms with Crippen molar-refractivity contribution in [2.24, 2.45) is 29.4 Å². The van der Waals surface area contributed by atoms with Gasteiger partial charge in [-0.15, -0.1) is 0 Å². The smallest absolute Gasteiger partial charge is 0.0185 e. The Hall–Kier alpha value is -0.0400. The fourth-order valence-corrected chi connectivity index (χ4v) is 4.83. The summed E-state index contributed by atoms with van der Waals surface area (Å²) in [6.45, 7) is 2.29. The molecule has 3 bridgehead atoms. The van der Waals surface area contributed by atoms with Crippen LogP contribution in [0.1, 0.15) is 51.9 Å². The molecule has 5 unspecified atom stereocenters. The van der Waals surface area contributed by atoms with Crippen LogP contribution in [-0.4, -0.2) is 5.54 Å². The van der Waals surface area contributed by atoms with Gasteiger partial charge in [-0.1, -0.05) is 13.3 Å². The number of fused-ring (bicyclic) bond motifs is 2. The largest absolute Gasteiger partial charge is 0.325 e. The predicted octanol–water partition coefficient (Wildman–Crippen LogP) is 2.94. The minimum atomic E-state index is 0.241. The van der Waals surface area contributed by atoms with Gasteiger partial charge in [-0.2, -0.15) is 0 Å². The first kappa shape index (κ1) is 9.21. The Kier molecular flexibility index (Phi) is 1.96. The van der Waals surface area contributed by atoms with Gasteiger partial charge in [0.2, 0.25) is 0 Å². The Morgan fingerprint density at radius 3 is 2.71 bits per heavy atom. The second-order valence-corrected chi connectivity index (χ2v) is 6.21. The summed E-state index contributed by atoms with van der Waals surface area (Å²) in [5, 5.41) is 0. The SMILES string of the molecule is CCCC1(N)CC2CC3CC2CC1C3. The van der Waals surface area contributed by atoms with Gasteiger partial charge in [0.25, 0.3) is 0 Å². The Bertz CT molecular complexity index is 235. The zero-order chi connectivity index (χ0) is 9.76. The standard InChI is InChI=1S/C13H23N/c1-2-3-13(14)8-11-5-9-4-10(11)7-12(13)6-9/h9-12H,2-8,14H2,1H3. The van der Waals surface area contributed by atoms with Gasteiger partial charge in [-0.25, -0.2) is 0 Å². The van der Waals surface area contributed by atoms with Crippen LogP contribution in [-0.2, 0) is 0 Å². The van der Waals surface area contributed by atoms with Crippen molar-refractivity contribution < 1.29 is 0 Å². The average molecular weight is 193 g/mol. The molecule has 3 aliphatic carbocycles. The van der Waals surface area contributed by atoms with Gasteiger partial charge in [0.1, 0.15) is 0 Å². The van der Waals surface area contributed by atoms with E-state index < -0.39 is 0 Å². The molecule has 3 fully saturated rings. The van der Waals surface area contributed by atoms with Gasteiger partial charge in [0, 0.05) is 5.54 Å². The Labute approximate surface area is 87.4 Å². The molecular formula is C13H23N. The van der Waals surface area contributed by atoms with E-state index in [2.05, 4.69) is 6.92 Å². The topological polar surface area (TPSA) is 26.0 Å². The lowest BCUT2D eigenvalue weighted by Gasteiger charge is -2.47. The van der Waals surface area contributed by atoms with Crippen LogP contribution in [0.15, 0.2) is 0 Å². The van der Waals surface area contributed by atoms with Crippen molar-refractivity contribution in [3.8, 4) is 0 Å². The third kappa shape index (κ3) is 1.18. The van der Waals surface area contributed by atoms with E-state index in [1.54, 1.807) is 6.42 Å². The summed E-state index contributed by atoms with van der Waals surface area (Å²) in [7, 11) is 0. The highest BCUT2D eigenvalue weighted by Crippen LogP contribution is 2.58. The zero-order valence-corrected chi connectivity index (χ0v) is 9.34. The summed E-state index contributed by atoms with van der Waals surface area (Å²) < 4.78 is 0. The normalized spacial score (nSPS) is 55.3. The first-order valence-electron chi connectivity index (χ1n) is 6.50. The van der Waals surface area contributed by atoms with Gasteiger partial charge in [0.15, 0.2) is 0 Å². The molecule has 1 heteroatoms. The van der Waals surface area contributed by atoms with Gasteiger partial charge >= 0.3 is 0 Å². The average Bonchev–Trinajstić information content (AvgIpc) is 2.35. The molecule has 1 nitrogen and oxygen atoms in total. The Morgan fingerprint density at radius 2 is 1.93 bits per heavy atom. The lowest BCUT2D eigenvalue weighted by atomic mass is 9.61. The second kappa shape index (κ2) is 2.98. The Morgan fingerprint density at radius 1 is 1.14 bits per heavy atom. The molecule has 0 spiro atoms. The summed E-state index contributed by atoms with van der Waals surface area (Å²) in [6.07, 6.45) is 9.89. The van der Waals surface area contributed by atoms with Gasteiger partial charge < -0.3 is 5.73 Å². The summed E-state index contributed by atoms with van der Waals surface area (Å²) >= 11 is 0. The highest BCUT2D eigenvalue weighted by Gasteiger charge is 2.52. The lowest BCUT2D eigenvalue weighted by Crippen LogP contribution is -2.53. The maximum Gasteiger partial charge on any atom is 0.0185 e. The van der Waals surface area contributed by atoms with Crippen LogP contribution < -0.4 is 5.73 Å². The molecule has 14 heavy (non-hydrogen) atoms. The minimum absolute atomic E-state index is 0.241.